The van der Waals surface area contributed by atoms with Gasteiger partial charge in [0, 0.05) is 0 Å². The summed E-state index contributed by atoms with van der Waals surface area (Å²) in [4.78, 5) is 38.1. The molecule has 1 heterocycles. The fourth-order valence-corrected chi connectivity index (χ4v) is 3.96. The van der Waals surface area contributed by atoms with Gasteiger partial charge in [-0.1, -0.05) is 59.1 Å². The number of hydrogen-bond acceptors (Lipinski definition) is 4. The Kier molecular flexibility index (Phi) is 6.47. The zero-order valence-corrected chi connectivity index (χ0v) is 19.2. The molecule has 0 bridgehead atoms. The summed E-state index contributed by atoms with van der Waals surface area (Å²) in [5.41, 5.74) is 3.11. The van der Waals surface area contributed by atoms with E-state index < -0.39 is 23.7 Å². The largest absolute Gasteiger partial charge is 0.487 e. The molecule has 0 radical (unpaired) electrons. The van der Waals surface area contributed by atoms with E-state index in [2.05, 4.69) is 11.4 Å². The Labute approximate surface area is 200 Å². The molecule has 1 aliphatic heterocycles. The van der Waals surface area contributed by atoms with Gasteiger partial charge in [-0.05, 0) is 55.3 Å². The molecule has 0 spiro atoms. The minimum atomic E-state index is -1.02. The van der Waals surface area contributed by atoms with E-state index in [1.165, 1.54) is 30.3 Å². The smallest absolute Gasteiger partial charge is 0.336 e. The first kappa shape index (κ1) is 23.2. The van der Waals surface area contributed by atoms with Gasteiger partial charge in [0.2, 0.25) is 0 Å². The zero-order chi connectivity index (χ0) is 24.4. The molecule has 1 aliphatic rings. The van der Waals surface area contributed by atoms with Crippen molar-refractivity contribution in [2.45, 2.75) is 20.5 Å². The van der Waals surface area contributed by atoms with Gasteiger partial charge in [0.25, 0.3) is 11.8 Å². The van der Waals surface area contributed by atoms with Crippen molar-refractivity contribution in [2.24, 2.45) is 0 Å². The predicted octanol–water partition coefficient (Wildman–Crippen LogP) is 5.34. The average molecular weight is 479 g/mol. The molecule has 0 atom stereocenters. The van der Waals surface area contributed by atoms with E-state index in [4.69, 9.17) is 16.3 Å². The number of benzene rings is 3. The Morgan fingerprint density at radius 1 is 1.00 bits per heavy atom. The maximum absolute atomic E-state index is 14.2. The van der Waals surface area contributed by atoms with Gasteiger partial charge >= 0.3 is 6.03 Å². The Morgan fingerprint density at radius 3 is 2.38 bits per heavy atom. The van der Waals surface area contributed by atoms with Crippen LogP contribution >= 0.6 is 11.6 Å². The fourth-order valence-electron chi connectivity index (χ4n) is 3.71. The van der Waals surface area contributed by atoms with E-state index in [1.807, 2.05) is 26.0 Å². The molecule has 4 rings (SSSR count). The topological polar surface area (TPSA) is 75.7 Å². The molecule has 6 nitrogen and oxygen atoms in total. The molecule has 3 aromatic rings. The Balaban J connectivity index is 1.57. The van der Waals surface area contributed by atoms with Crippen molar-refractivity contribution in [3.63, 3.8) is 0 Å². The molecular formula is C26H20ClFN2O4. The monoisotopic (exact) mass is 478 g/mol. The number of barbiturate groups is 1. The van der Waals surface area contributed by atoms with Crippen LogP contribution in [0.1, 0.15) is 22.3 Å². The molecule has 1 N–H and O–H groups in total. The molecule has 0 aliphatic carbocycles. The van der Waals surface area contributed by atoms with Crippen molar-refractivity contribution in [3.05, 3.63) is 99.3 Å². The predicted molar refractivity (Wildman–Crippen MR) is 127 cm³/mol. The number of ether oxygens (including phenoxy) is 1. The second-order valence-corrected chi connectivity index (χ2v) is 8.29. The third-order valence-electron chi connectivity index (χ3n) is 5.14. The number of aryl methyl sites for hydroxylation is 2. The van der Waals surface area contributed by atoms with Crippen LogP contribution in [0.5, 0.6) is 5.75 Å². The lowest BCUT2D eigenvalue weighted by Crippen LogP contribution is -2.54. The number of carbonyl (C=O) groups is 3. The molecule has 0 aromatic heterocycles. The third kappa shape index (κ3) is 4.84. The summed E-state index contributed by atoms with van der Waals surface area (Å²) in [5, 5.41) is 2.35. The molecule has 34 heavy (non-hydrogen) atoms. The van der Waals surface area contributed by atoms with E-state index >= 15 is 0 Å². The number of carbonyl (C=O) groups excluding carboxylic acids is 3. The lowest BCUT2D eigenvalue weighted by Gasteiger charge is -2.26. The number of anilines is 1. The fraction of sp³-hybridized carbons (Fsp3) is 0.115. The van der Waals surface area contributed by atoms with Crippen molar-refractivity contribution in [2.75, 3.05) is 4.90 Å². The number of hydrogen-bond donors (Lipinski definition) is 1. The van der Waals surface area contributed by atoms with E-state index in [9.17, 15) is 18.8 Å². The molecule has 172 valence electrons. The van der Waals surface area contributed by atoms with E-state index in [0.717, 1.165) is 22.8 Å². The highest BCUT2D eigenvalue weighted by molar-refractivity contribution is 6.39. The summed E-state index contributed by atoms with van der Waals surface area (Å²) in [6.45, 7) is 4.34. The van der Waals surface area contributed by atoms with Crippen LogP contribution in [-0.4, -0.2) is 17.8 Å². The van der Waals surface area contributed by atoms with Crippen LogP contribution < -0.4 is 15.0 Å². The number of urea groups is 1. The molecule has 4 amide bonds. The SMILES string of the molecule is Cc1cc(C)cc(COc2ccc(/C=C3/C(=O)NC(=O)N(c4ccccc4F)C3=O)cc2Cl)c1. The van der Waals surface area contributed by atoms with Crippen molar-refractivity contribution in [1.82, 2.24) is 5.32 Å². The standard InChI is InChI=1S/C26H20ClFN2O4/c1-15-9-16(2)11-18(10-15)14-34-23-8-7-17(13-20(23)27)12-19-24(31)29-26(33)30(25(19)32)22-6-4-3-5-21(22)28/h3-13H,14H2,1-2H3,(H,29,31,33)/b19-12-. The Hall–Kier alpha value is -3.97. The summed E-state index contributed by atoms with van der Waals surface area (Å²) in [6, 6.07) is 15.2. The zero-order valence-electron chi connectivity index (χ0n) is 18.4. The van der Waals surface area contributed by atoms with E-state index in [1.54, 1.807) is 12.1 Å². The molecule has 1 saturated heterocycles. The summed E-state index contributed by atoms with van der Waals surface area (Å²) in [7, 11) is 0. The first-order chi connectivity index (χ1) is 16.2. The molecular weight excluding hydrogens is 459 g/mol. The molecule has 3 aromatic carbocycles. The quantitative estimate of drug-likeness (QED) is 0.396. The highest BCUT2D eigenvalue weighted by Gasteiger charge is 2.37. The number of imide groups is 2. The lowest BCUT2D eigenvalue weighted by molar-refractivity contribution is -0.122. The first-order valence-electron chi connectivity index (χ1n) is 10.4. The van der Waals surface area contributed by atoms with Crippen LogP contribution in [0.3, 0.4) is 0 Å². The molecule has 8 heteroatoms. The van der Waals surface area contributed by atoms with Crippen LogP contribution in [0.15, 0.2) is 66.2 Å². The second-order valence-electron chi connectivity index (χ2n) is 7.88. The van der Waals surface area contributed by atoms with E-state index in [-0.39, 0.29) is 16.3 Å². The van der Waals surface area contributed by atoms with Gasteiger partial charge in [-0.2, -0.15) is 0 Å². The van der Waals surface area contributed by atoms with E-state index in [0.29, 0.717) is 22.8 Å². The van der Waals surface area contributed by atoms with Gasteiger partial charge in [0.05, 0.1) is 10.7 Å². The number of para-hydroxylation sites is 1. The first-order valence-corrected chi connectivity index (χ1v) is 10.8. The minimum Gasteiger partial charge on any atom is -0.487 e. The Morgan fingerprint density at radius 2 is 1.71 bits per heavy atom. The van der Waals surface area contributed by atoms with Crippen LogP contribution in [0.25, 0.3) is 6.08 Å². The normalized spacial score (nSPS) is 15.0. The van der Waals surface area contributed by atoms with Gasteiger partial charge in [0.15, 0.2) is 0 Å². The van der Waals surface area contributed by atoms with Gasteiger partial charge < -0.3 is 4.74 Å². The van der Waals surface area contributed by atoms with Crippen LogP contribution in [0.4, 0.5) is 14.9 Å². The lowest BCUT2D eigenvalue weighted by atomic mass is 10.1. The van der Waals surface area contributed by atoms with Crippen molar-refractivity contribution in [1.29, 1.82) is 0 Å². The summed E-state index contributed by atoms with van der Waals surface area (Å²) >= 11 is 6.36. The van der Waals surface area contributed by atoms with Crippen molar-refractivity contribution >= 4 is 41.2 Å². The van der Waals surface area contributed by atoms with Crippen molar-refractivity contribution < 1.29 is 23.5 Å². The highest BCUT2D eigenvalue weighted by Crippen LogP contribution is 2.29. The molecule has 1 fully saturated rings. The van der Waals surface area contributed by atoms with Crippen LogP contribution in [-0.2, 0) is 16.2 Å². The maximum Gasteiger partial charge on any atom is 0.336 e. The number of amides is 4. The van der Waals surface area contributed by atoms with Gasteiger partial charge in [0.1, 0.15) is 23.7 Å². The number of nitrogens with one attached hydrogen (secondary N) is 1. The number of nitrogens with zero attached hydrogens (tertiary/aromatic N) is 1. The number of halogens is 2. The summed E-state index contributed by atoms with van der Waals surface area (Å²) < 4.78 is 20.0. The van der Waals surface area contributed by atoms with Crippen molar-refractivity contribution in [3.8, 4) is 5.75 Å². The van der Waals surface area contributed by atoms with Crippen LogP contribution in [0, 0.1) is 19.7 Å². The van der Waals surface area contributed by atoms with Gasteiger partial charge in [-0.15, -0.1) is 0 Å². The maximum atomic E-state index is 14.2. The molecule has 0 saturated carbocycles. The number of rotatable bonds is 5. The van der Waals surface area contributed by atoms with Gasteiger partial charge in [-0.25, -0.2) is 14.1 Å². The second kappa shape index (κ2) is 9.49. The van der Waals surface area contributed by atoms with Crippen LogP contribution in [0.2, 0.25) is 5.02 Å². The van der Waals surface area contributed by atoms with Gasteiger partial charge in [-0.3, -0.25) is 14.9 Å². The minimum absolute atomic E-state index is 0.253. The summed E-state index contributed by atoms with van der Waals surface area (Å²) in [6.07, 6.45) is 1.29. The summed E-state index contributed by atoms with van der Waals surface area (Å²) in [5.74, 6) is -2.16. The average Bonchev–Trinajstić information content (AvgIpc) is 2.76. The molecule has 0 unspecified atom stereocenters. The third-order valence-corrected chi connectivity index (χ3v) is 5.43. The highest BCUT2D eigenvalue weighted by atomic mass is 35.5. The Bertz CT molecular complexity index is 1330.